The van der Waals surface area contributed by atoms with Gasteiger partial charge in [0.05, 0.1) is 18.1 Å². The molecule has 2 aliphatic rings. The molecule has 0 bridgehead atoms. The molecule has 26 heavy (non-hydrogen) atoms. The molecule has 140 valence electrons. The van der Waals surface area contributed by atoms with Crippen LogP contribution in [0.3, 0.4) is 0 Å². The molecule has 1 heterocycles. The van der Waals surface area contributed by atoms with Crippen molar-refractivity contribution >= 4 is 17.7 Å². The molecule has 3 unspecified atom stereocenters. The molecular weight excluding hydrogens is 338 g/mol. The number of rotatable bonds is 4. The van der Waals surface area contributed by atoms with Crippen molar-refractivity contribution in [2.45, 2.75) is 37.8 Å². The molecule has 3 rings (SSSR count). The number of hydrogen-bond acceptors (Lipinski definition) is 5. The Morgan fingerprint density at radius 1 is 1.19 bits per heavy atom. The average molecular weight is 361 g/mol. The first kappa shape index (κ1) is 19.8. The van der Waals surface area contributed by atoms with E-state index in [0.717, 1.165) is 25.7 Å². The van der Waals surface area contributed by atoms with Gasteiger partial charge in [-0.05, 0) is 24.8 Å². The summed E-state index contributed by atoms with van der Waals surface area (Å²) in [7, 11) is 1.96. The molecule has 1 aromatic rings. The van der Waals surface area contributed by atoms with E-state index in [4.69, 9.17) is 15.1 Å². The Morgan fingerprint density at radius 3 is 2.38 bits per heavy atom. The highest BCUT2D eigenvalue weighted by atomic mass is 16.7. The number of ketones is 1. The minimum absolute atomic E-state index is 0.0731. The van der Waals surface area contributed by atoms with Crippen LogP contribution in [0.15, 0.2) is 42.5 Å². The predicted molar refractivity (Wildman–Crippen MR) is 93.3 cm³/mol. The zero-order chi connectivity index (χ0) is 19.1. The number of carbonyl (C=O) groups is 3. The highest BCUT2D eigenvalue weighted by molar-refractivity contribution is 5.89. The van der Waals surface area contributed by atoms with E-state index in [-0.39, 0.29) is 18.1 Å². The van der Waals surface area contributed by atoms with E-state index in [1.165, 1.54) is 5.56 Å². The third kappa shape index (κ3) is 5.50. The molecule has 1 aliphatic heterocycles. The number of carboxylic acids is 2. The highest BCUT2D eigenvalue weighted by Crippen LogP contribution is 2.36. The maximum atomic E-state index is 12.1. The Bertz CT molecular complexity index is 656. The van der Waals surface area contributed by atoms with Crippen molar-refractivity contribution < 1.29 is 29.4 Å². The second-order valence-electron chi connectivity index (χ2n) is 6.34. The number of likely N-dealkylation sites (N-methyl/N-ethyl adjacent to an activating group) is 1. The number of aliphatic carboxylic acids is 2. The van der Waals surface area contributed by atoms with Crippen LogP contribution in [0.4, 0.5) is 0 Å². The highest BCUT2D eigenvalue weighted by Gasteiger charge is 2.46. The first-order valence-electron chi connectivity index (χ1n) is 8.48. The third-order valence-electron chi connectivity index (χ3n) is 4.52. The topological polar surface area (TPSA) is 104 Å². The number of nitrogens with zero attached hydrogens (tertiary/aromatic N) is 1. The van der Waals surface area contributed by atoms with Crippen LogP contribution >= 0.6 is 0 Å². The summed E-state index contributed by atoms with van der Waals surface area (Å²) in [5.74, 6) is -2.06. The summed E-state index contributed by atoms with van der Waals surface area (Å²) in [6.45, 7) is 0. The van der Waals surface area contributed by atoms with E-state index in [1.54, 1.807) is 0 Å². The van der Waals surface area contributed by atoms with Gasteiger partial charge in [0, 0.05) is 25.6 Å². The molecule has 0 spiro atoms. The van der Waals surface area contributed by atoms with Crippen molar-refractivity contribution in [2.75, 3.05) is 7.05 Å². The van der Waals surface area contributed by atoms with Gasteiger partial charge in [-0.2, -0.15) is 5.06 Å². The number of hydroxylamine groups is 2. The fraction of sp³-hybridized carbons (Fsp3) is 0.421. The molecule has 0 amide bonds. The normalized spacial score (nSPS) is 25.4. The van der Waals surface area contributed by atoms with Crippen molar-refractivity contribution in [3.8, 4) is 0 Å². The van der Waals surface area contributed by atoms with E-state index in [0.29, 0.717) is 17.9 Å². The van der Waals surface area contributed by atoms with Crippen LogP contribution in [0.25, 0.3) is 0 Å². The smallest absolute Gasteiger partial charge is 0.328 e. The lowest BCUT2D eigenvalue weighted by atomic mass is 9.79. The Balaban J connectivity index is 0.000000260. The minimum atomic E-state index is -1.26. The van der Waals surface area contributed by atoms with Crippen molar-refractivity contribution in [2.24, 2.45) is 5.92 Å². The van der Waals surface area contributed by atoms with Gasteiger partial charge in [0.1, 0.15) is 5.78 Å². The second-order valence-corrected chi connectivity index (χ2v) is 6.34. The molecule has 1 aliphatic carbocycles. The summed E-state index contributed by atoms with van der Waals surface area (Å²) >= 11 is 0. The Hall–Kier alpha value is -2.51. The van der Waals surface area contributed by atoms with Crippen molar-refractivity contribution in [3.05, 3.63) is 48.0 Å². The average Bonchev–Trinajstić information content (AvgIpc) is 2.91. The first-order chi connectivity index (χ1) is 12.4. The lowest BCUT2D eigenvalue weighted by Crippen LogP contribution is -2.38. The van der Waals surface area contributed by atoms with Crippen molar-refractivity contribution in [1.82, 2.24) is 5.06 Å². The maximum absolute atomic E-state index is 12.1. The summed E-state index contributed by atoms with van der Waals surface area (Å²) < 4.78 is 0. The summed E-state index contributed by atoms with van der Waals surface area (Å²) in [5.41, 5.74) is 1.27. The summed E-state index contributed by atoms with van der Waals surface area (Å²) in [6.07, 6.45) is 4.85. The van der Waals surface area contributed by atoms with Crippen molar-refractivity contribution in [1.29, 1.82) is 0 Å². The lowest BCUT2D eigenvalue weighted by molar-refractivity contribution is -0.149. The third-order valence-corrected chi connectivity index (χ3v) is 4.52. The number of benzene rings is 1. The zero-order valence-corrected chi connectivity index (χ0v) is 14.6. The number of carboxylic acid groups (broad SMARTS) is 2. The molecule has 0 aromatic heterocycles. The Kier molecular flexibility index (Phi) is 7.06. The van der Waals surface area contributed by atoms with Gasteiger partial charge in [-0.3, -0.25) is 9.63 Å². The SMILES string of the molecule is CN1OC2CCCC(=O)C2C1Cc1ccccc1.O=C(O)/C=C/C(=O)O. The largest absolute Gasteiger partial charge is 0.478 e. The zero-order valence-electron chi connectivity index (χ0n) is 14.6. The molecule has 0 radical (unpaired) electrons. The lowest BCUT2D eigenvalue weighted by Gasteiger charge is -2.25. The molecule has 7 nitrogen and oxygen atoms in total. The van der Waals surface area contributed by atoms with E-state index >= 15 is 0 Å². The van der Waals surface area contributed by atoms with Gasteiger partial charge in [0.2, 0.25) is 0 Å². The van der Waals surface area contributed by atoms with Crippen molar-refractivity contribution in [3.63, 3.8) is 0 Å². The molecular formula is C19H23NO6. The maximum Gasteiger partial charge on any atom is 0.328 e. The van der Waals surface area contributed by atoms with Gasteiger partial charge in [0.25, 0.3) is 0 Å². The first-order valence-corrected chi connectivity index (χ1v) is 8.48. The molecule has 1 aromatic carbocycles. The van der Waals surface area contributed by atoms with E-state index in [9.17, 15) is 14.4 Å². The van der Waals surface area contributed by atoms with E-state index in [1.807, 2.05) is 30.3 Å². The molecule has 1 saturated heterocycles. The summed E-state index contributed by atoms with van der Waals surface area (Å²) in [6, 6.07) is 10.6. The fourth-order valence-corrected chi connectivity index (χ4v) is 3.38. The van der Waals surface area contributed by atoms with Gasteiger partial charge in [-0.15, -0.1) is 0 Å². The van der Waals surface area contributed by atoms with Gasteiger partial charge < -0.3 is 10.2 Å². The molecule has 3 atom stereocenters. The van der Waals surface area contributed by atoms with Crippen LogP contribution in [0.5, 0.6) is 0 Å². The van der Waals surface area contributed by atoms with E-state index in [2.05, 4.69) is 12.1 Å². The van der Waals surface area contributed by atoms with Gasteiger partial charge >= 0.3 is 11.9 Å². The Labute approximate surface area is 151 Å². The van der Waals surface area contributed by atoms with Gasteiger partial charge in [-0.25, -0.2) is 9.59 Å². The number of hydrogen-bond donors (Lipinski definition) is 2. The monoisotopic (exact) mass is 361 g/mol. The second kappa shape index (κ2) is 9.26. The van der Waals surface area contributed by atoms with Crippen LogP contribution in [-0.2, 0) is 25.6 Å². The number of Topliss-reactive ketones (excluding diaryl/α,β-unsaturated/α-hetero) is 1. The quantitative estimate of drug-likeness (QED) is 0.790. The number of carbonyl (C=O) groups excluding carboxylic acids is 1. The predicted octanol–water partition coefficient (Wildman–Crippen LogP) is 1.92. The summed E-state index contributed by atoms with van der Waals surface area (Å²) in [4.78, 5) is 37.1. The molecule has 1 saturated carbocycles. The van der Waals surface area contributed by atoms with Crippen LogP contribution in [0.2, 0.25) is 0 Å². The standard InChI is InChI=1S/C15H19NO2.C4H4O4/c1-16-12(10-11-6-3-2-4-7-11)15-13(17)8-5-9-14(15)18-16;5-3(6)1-2-4(7)8/h2-4,6-7,12,14-15H,5,8-10H2,1H3;1-2H,(H,5,6)(H,7,8)/b;2-1+. The molecule has 2 fully saturated rings. The van der Waals surface area contributed by atoms with Crippen LogP contribution in [0.1, 0.15) is 24.8 Å². The molecule has 2 N–H and O–H groups in total. The molecule has 7 heteroatoms. The van der Waals surface area contributed by atoms with Crippen LogP contribution < -0.4 is 0 Å². The van der Waals surface area contributed by atoms with Gasteiger partial charge in [-0.1, -0.05) is 30.3 Å². The fourth-order valence-electron chi connectivity index (χ4n) is 3.38. The minimum Gasteiger partial charge on any atom is -0.478 e. The summed E-state index contributed by atoms with van der Waals surface area (Å²) in [5, 5.41) is 17.5. The van der Waals surface area contributed by atoms with E-state index < -0.39 is 11.9 Å². The number of fused-ring (bicyclic) bond motifs is 1. The van der Waals surface area contributed by atoms with Gasteiger partial charge in [0.15, 0.2) is 0 Å². The van der Waals surface area contributed by atoms with Crippen LogP contribution in [-0.4, -0.2) is 52.2 Å². The Morgan fingerprint density at radius 2 is 1.81 bits per heavy atom. The van der Waals surface area contributed by atoms with Crippen LogP contribution in [0, 0.1) is 5.92 Å².